The van der Waals surface area contributed by atoms with E-state index in [1.165, 1.54) is 12.1 Å². The molecular formula is C16H18FNO3. The lowest BCUT2D eigenvalue weighted by atomic mass is 10.0. The third-order valence-corrected chi connectivity index (χ3v) is 3.39. The van der Waals surface area contributed by atoms with Crippen LogP contribution in [0.1, 0.15) is 31.7 Å². The summed E-state index contributed by atoms with van der Waals surface area (Å²) in [6.45, 7) is 2.25. The number of halogens is 1. The van der Waals surface area contributed by atoms with Crippen molar-refractivity contribution in [1.82, 2.24) is 0 Å². The van der Waals surface area contributed by atoms with E-state index in [1.54, 1.807) is 13.0 Å². The monoisotopic (exact) mass is 291 g/mol. The van der Waals surface area contributed by atoms with Gasteiger partial charge in [-0.05, 0) is 38.0 Å². The predicted octanol–water partition coefficient (Wildman–Crippen LogP) is 2.07. The lowest BCUT2D eigenvalue weighted by Gasteiger charge is -2.21. The number of benzene rings is 1. The summed E-state index contributed by atoms with van der Waals surface area (Å²) in [7, 11) is 0. The average molecular weight is 291 g/mol. The molecule has 1 aliphatic heterocycles. The minimum atomic E-state index is -0.837. The van der Waals surface area contributed by atoms with Gasteiger partial charge in [-0.2, -0.15) is 0 Å². The van der Waals surface area contributed by atoms with Crippen molar-refractivity contribution in [2.24, 2.45) is 0 Å². The summed E-state index contributed by atoms with van der Waals surface area (Å²) in [6, 6.07) is 4.34. The molecule has 0 spiro atoms. The van der Waals surface area contributed by atoms with Crippen molar-refractivity contribution in [2.75, 3.05) is 18.5 Å². The maximum Gasteiger partial charge on any atom is 0.256 e. The molecule has 1 aromatic rings. The van der Waals surface area contributed by atoms with Crippen LogP contribution in [0, 0.1) is 17.7 Å². The minimum Gasteiger partial charge on any atom is -0.395 e. The first kappa shape index (κ1) is 15.5. The van der Waals surface area contributed by atoms with Crippen molar-refractivity contribution in [1.29, 1.82) is 0 Å². The highest BCUT2D eigenvalue weighted by Crippen LogP contribution is 2.26. The minimum absolute atomic E-state index is 0.0542. The summed E-state index contributed by atoms with van der Waals surface area (Å²) in [5.41, 5.74) is -0.220. The third kappa shape index (κ3) is 3.81. The average Bonchev–Trinajstić information content (AvgIpc) is 2.90. The number of amides is 1. The number of nitrogens with one attached hydrogen (secondary N) is 1. The molecule has 1 aliphatic rings. The van der Waals surface area contributed by atoms with Crippen LogP contribution in [0.5, 0.6) is 0 Å². The number of aliphatic hydroxyl groups excluding tert-OH is 1. The number of hydrogen-bond donors (Lipinski definition) is 2. The summed E-state index contributed by atoms with van der Waals surface area (Å²) in [5.74, 6) is 4.52. The van der Waals surface area contributed by atoms with Crippen LogP contribution in [0.2, 0.25) is 0 Å². The maximum atomic E-state index is 13.9. The molecule has 0 saturated carbocycles. The van der Waals surface area contributed by atoms with Crippen LogP contribution in [0.25, 0.3) is 0 Å². The van der Waals surface area contributed by atoms with Gasteiger partial charge >= 0.3 is 0 Å². The largest absolute Gasteiger partial charge is 0.395 e. The fourth-order valence-corrected chi connectivity index (χ4v) is 2.13. The standard InChI is InChI=1S/C16H18FNO3/c1-16(8-4-10-21-16)15(20)18-13-7-6-12(14(17)11-13)5-2-3-9-19/h6-7,11,19H,3-4,8-10H2,1H3,(H,18,20). The van der Waals surface area contributed by atoms with Crippen LogP contribution in [-0.2, 0) is 9.53 Å². The second-order valence-corrected chi connectivity index (χ2v) is 5.11. The van der Waals surface area contributed by atoms with Gasteiger partial charge in [0.05, 0.1) is 12.2 Å². The molecule has 112 valence electrons. The molecule has 1 unspecified atom stereocenters. The number of anilines is 1. The SMILES string of the molecule is CC1(C(=O)Nc2ccc(C#CCCO)c(F)c2)CCCO1. The summed E-state index contributed by atoms with van der Waals surface area (Å²) in [5, 5.41) is 11.3. The number of carbonyl (C=O) groups excluding carboxylic acids is 1. The van der Waals surface area contributed by atoms with Gasteiger partial charge in [-0.1, -0.05) is 11.8 Å². The first-order valence-electron chi connectivity index (χ1n) is 6.90. The van der Waals surface area contributed by atoms with Crippen molar-refractivity contribution >= 4 is 11.6 Å². The zero-order valence-corrected chi connectivity index (χ0v) is 11.9. The second-order valence-electron chi connectivity index (χ2n) is 5.11. The number of hydrogen-bond acceptors (Lipinski definition) is 3. The Kier molecular flexibility index (Phi) is 4.94. The Hall–Kier alpha value is -1.90. The third-order valence-electron chi connectivity index (χ3n) is 3.39. The highest BCUT2D eigenvalue weighted by molar-refractivity contribution is 5.97. The highest BCUT2D eigenvalue weighted by atomic mass is 19.1. The van der Waals surface area contributed by atoms with Gasteiger partial charge in [0, 0.05) is 18.7 Å². The Balaban J connectivity index is 2.07. The molecule has 1 atom stereocenters. The molecular weight excluding hydrogens is 273 g/mol. The zero-order valence-electron chi connectivity index (χ0n) is 11.9. The first-order chi connectivity index (χ1) is 10.0. The van der Waals surface area contributed by atoms with Crippen LogP contribution < -0.4 is 5.32 Å². The Labute approximate surface area is 123 Å². The van der Waals surface area contributed by atoms with Gasteiger partial charge in [-0.15, -0.1) is 0 Å². The van der Waals surface area contributed by atoms with E-state index in [4.69, 9.17) is 9.84 Å². The molecule has 1 amide bonds. The normalized spacial score (nSPS) is 20.7. The second kappa shape index (κ2) is 6.70. The number of aliphatic hydroxyl groups is 1. The number of ether oxygens (including phenoxy) is 1. The topological polar surface area (TPSA) is 58.6 Å². The van der Waals surface area contributed by atoms with Gasteiger partial charge in [0.1, 0.15) is 11.4 Å². The fourth-order valence-electron chi connectivity index (χ4n) is 2.13. The molecule has 2 rings (SSSR count). The lowest BCUT2D eigenvalue weighted by molar-refractivity contribution is -0.133. The molecule has 21 heavy (non-hydrogen) atoms. The van der Waals surface area contributed by atoms with Crippen molar-refractivity contribution in [3.05, 3.63) is 29.6 Å². The van der Waals surface area contributed by atoms with E-state index in [2.05, 4.69) is 17.2 Å². The quantitative estimate of drug-likeness (QED) is 0.838. The van der Waals surface area contributed by atoms with Crippen LogP contribution >= 0.6 is 0 Å². The number of carbonyl (C=O) groups is 1. The van der Waals surface area contributed by atoms with Crippen LogP contribution in [-0.4, -0.2) is 29.8 Å². The molecule has 0 bridgehead atoms. The van der Waals surface area contributed by atoms with E-state index in [1.807, 2.05) is 0 Å². The van der Waals surface area contributed by atoms with Crippen molar-refractivity contribution in [2.45, 2.75) is 31.8 Å². The van der Waals surface area contributed by atoms with E-state index in [9.17, 15) is 9.18 Å². The summed E-state index contributed by atoms with van der Waals surface area (Å²) in [6.07, 6.45) is 1.80. The van der Waals surface area contributed by atoms with E-state index in [0.717, 1.165) is 6.42 Å². The van der Waals surface area contributed by atoms with Crippen molar-refractivity contribution < 1.29 is 19.0 Å². The first-order valence-corrected chi connectivity index (χ1v) is 6.90. The smallest absolute Gasteiger partial charge is 0.256 e. The predicted molar refractivity (Wildman–Crippen MR) is 77.2 cm³/mol. The highest BCUT2D eigenvalue weighted by Gasteiger charge is 2.37. The molecule has 2 N–H and O–H groups in total. The molecule has 1 heterocycles. The van der Waals surface area contributed by atoms with E-state index in [0.29, 0.717) is 25.1 Å². The van der Waals surface area contributed by atoms with Crippen molar-refractivity contribution in [3.8, 4) is 11.8 Å². The Morgan fingerprint density at radius 1 is 1.57 bits per heavy atom. The molecule has 1 fully saturated rings. The lowest BCUT2D eigenvalue weighted by Crippen LogP contribution is -2.39. The molecule has 4 nitrogen and oxygen atoms in total. The van der Waals surface area contributed by atoms with Gasteiger partial charge in [-0.25, -0.2) is 4.39 Å². The molecule has 0 aliphatic carbocycles. The molecule has 1 saturated heterocycles. The van der Waals surface area contributed by atoms with Crippen LogP contribution in [0.3, 0.4) is 0 Å². The molecule has 0 aromatic heterocycles. The van der Waals surface area contributed by atoms with Gasteiger partial charge in [0.2, 0.25) is 0 Å². The van der Waals surface area contributed by atoms with Gasteiger partial charge in [0.15, 0.2) is 0 Å². The molecule has 5 heteroatoms. The zero-order chi connectivity index (χ0) is 15.3. The van der Waals surface area contributed by atoms with E-state index < -0.39 is 11.4 Å². The van der Waals surface area contributed by atoms with Gasteiger partial charge < -0.3 is 15.2 Å². The Bertz CT molecular complexity index is 583. The van der Waals surface area contributed by atoms with E-state index >= 15 is 0 Å². The maximum absolute atomic E-state index is 13.9. The summed E-state index contributed by atoms with van der Waals surface area (Å²) >= 11 is 0. The van der Waals surface area contributed by atoms with Crippen LogP contribution in [0.15, 0.2) is 18.2 Å². The number of rotatable bonds is 3. The van der Waals surface area contributed by atoms with Crippen LogP contribution in [0.4, 0.5) is 10.1 Å². The fraction of sp³-hybridized carbons (Fsp3) is 0.438. The van der Waals surface area contributed by atoms with E-state index in [-0.39, 0.29) is 18.1 Å². The molecule has 1 aromatic carbocycles. The van der Waals surface area contributed by atoms with Crippen molar-refractivity contribution in [3.63, 3.8) is 0 Å². The molecule has 0 radical (unpaired) electrons. The summed E-state index contributed by atoms with van der Waals surface area (Å²) < 4.78 is 19.3. The van der Waals surface area contributed by atoms with Gasteiger partial charge in [-0.3, -0.25) is 4.79 Å². The summed E-state index contributed by atoms with van der Waals surface area (Å²) in [4.78, 5) is 12.1. The Morgan fingerprint density at radius 2 is 2.38 bits per heavy atom. The van der Waals surface area contributed by atoms with Gasteiger partial charge in [0.25, 0.3) is 5.91 Å². The Morgan fingerprint density at radius 3 is 3.00 bits per heavy atom.